The summed E-state index contributed by atoms with van der Waals surface area (Å²) in [6.07, 6.45) is 0.0780. The lowest BCUT2D eigenvalue weighted by Gasteiger charge is -2.34. The van der Waals surface area contributed by atoms with Crippen molar-refractivity contribution in [2.45, 2.75) is 11.7 Å². The number of carbonyl (C=O) groups is 2. The number of rotatable bonds is 6. The summed E-state index contributed by atoms with van der Waals surface area (Å²) in [5.74, 6) is -0.812. The topological polar surface area (TPSA) is 74.2 Å². The van der Waals surface area contributed by atoms with Gasteiger partial charge in [-0.05, 0) is 36.4 Å². The third kappa shape index (κ3) is 5.93. The number of amidine groups is 1. The Morgan fingerprint density at radius 3 is 2.53 bits per heavy atom. The van der Waals surface area contributed by atoms with E-state index in [1.54, 1.807) is 4.90 Å². The summed E-state index contributed by atoms with van der Waals surface area (Å²) in [5.41, 5.74) is 1.21. The zero-order valence-electron chi connectivity index (χ0n) is 17.6. The van der Waals surface area contributed by atoms with E-state index in [2.05, 4.69) is 15.2 Å². The van der Waals surface area contributed by atoms with E-state index >= 15 is 0 Å². The van der Waals surface area contributed by atoms with Crippen LogP contribution in [-0.4, -0.2) is 71.4 Å². The monoisotopic (exact) mass is 456 g/mol. The van der Waals surface area contributed by atoms with Gasteiger partial charge in [0.25, 0.3) is 0 Å². The van der Waals surface area contributed by atoms with Crippen LogP contribution in [0.1, 0.15) is 6.42 Å². The first-order chi connectivity index (χ1) is 15.6. The van der Waals surface area contributed by atoms with Crippen LogP contribution in [0.15, 0.2) is 59.6 Å². The molecule has 0 aliphatic carbocycles. The summed E-state index contributed by atoms with van der Waals surface area (Å²) < 4.78 is 18.5. The van der Waals surface area contributed by atoms with Gasteiger partial charge in [-0.15, -0.1) is 0 Å². The molecule has 2 aromatic carbocycles. The third-order valence-corrected chi connectivity index (χ3v) is 6.46. The van der Waals surface area contributed by atoms with Crippen molar-refractivity contribution < 1.29 is 18.7 Å². The van der Waals surface area contributed by atoms with E-state index in [9.17, 15) is 14.0 Å². The van der Waals surface area contributed by atoms with Crippen LogP contribution in [0.4, 0.5) is 15.8 Å². The summed E-state index contributed by atoms with van der Waals surface area (Å²) >= 11 is 1.28. The van der Waals surface area contributed by atoms with E-state index in [1.165, 1.54) is 36.0 Å². The van der Waals surface area contributed by atoms with Crippen LogP contribution in [-0.2, 0) is 14.3 Å². The number of nitrogens with zero attached hydrogens (tertiary/aromatic N) is 3. The van der Waals surface area contributed by atoms with Gasteiger partial charge in [-0.3, -0.25) is 19.4 Å². The number of hydrogen-bond acceptors (Lipinski definition) is 6. The molecule has 0 radical (unpaired) electrons. The number of amides is 2. The summed E-state index contributed by atoms with van der Waals surface area (Å²) in [5, 5.41) is 2.67. The van der Waals surface area contributed by atoms with Crippen LogP contribution < -0.4 is 5.32 Å². The van der Waals surface area contributed by atoms with E-state index in [0.717, 1.165) is 25.3 Å². The van der Waals surface area contributed by atoms with Crippen LogP contribution in [0.5, 0.6) is 0 Å². The SMILES string of the molecule is O=C(Nc1ccc(F)cc1)[C@H]1CC(=O)N(CCN2CCOCC2)C(=Nc2ccccc2)S1. The maximum absolute atomic E-state index is 13.1. The highest BCUT2D eigenvalue weighted by atomic mass is 32.2. The first-order valence-corrected chi connectivity index (χ1v) is 11.4. The third-order valence-electron chi connectivity index (χ3n) is 5.27. The molecule has 0 spiro atoms. The highest BCUT2D eigenvalue weighted by Crippen LogP contribution is 2.30. The Bertz CT molecular complexity index is 965. The Labute approximate surface area is 190 Å². The number of thioether (sulfide) groups is 1. The lowest BCUT2D eigenvalue weighted by atomic mass is 10.2. The van der Waals surface area contributed by atoms with E-state index in [-0.39, 0.29) is 24.1 Å². The van der Waals surface area contributed by atoms with Gasteiger partial charge >= 0.3 is 0 Å². The van der Waals surface area contributed by atoms with E-state index in [4.69, 9.17) is 4.74 Å². The number of nitrogens with one attached hydrogen (secondary N) is 1. The molecule has 4 rings (SSSR count). The Kier molecular flexibility index (Phi) is 7.51. The normalized spacial score (nSPS) is 21.0. The minimum absolute atomic E-state index is 0.0780. The average molecular weight is 457 g/mol. The maximum atomic E-state index is 13.1. The Morgan fingerprint density at radius 2 is 1.81 bits per heavy atom. The molecular weight excluding hydrogens is 431 g/mol. The van der Waals surface area contributed by atoms with Crippen molar-refractivity contribution in [3.05, 3.63) is 60.4 Å². The molecule has 2 aromatic rings. The molecule has 0 aromatic heterocycles. The van der Waals surface area contributed by atoms with Gasteiger partial charge < -0.3 is 10.1 Å². The van der Waals surface area contributed by atoms with Gasteiger partial charge in [0.1, 0.15) is 11.1 Å². The molecule has 0 saturated carbocycles. The van der Waals surface area contributed by atoms with Crippen LogP contribution >= 0.6 is 11.8 Å². The van der Waals surface area contributed by atoms with Gasteiger partial charge in [0.15, 0.2) is 5.17 Å². The number of morpholine rings is 1. The second-order valence-corrected chi connectivity index (χ2v) is 8.71. The first kappa shape index (κ1) is 22.4. The number of ether oxygens (including phenoxy) is 1. The van der Waals surface area contributed by atoms with Crippen molar-refractivity contribution in [1.29, 1.82) is 0 Å². The Balaban J connectivity index is 1.49. The fraction of sp³-hybridized carbons (Fsp3) is 0.348. The van der Waals surface area contributed by atoms with Crippen molar-refractivity contribution in [3.63, 3.8) is 0 Å². The predicted molar refractivity (Wildman–Crippen MR) is 124 cm³/mol. The van der Waals surface area contributed by atoms with Crippen LogP contribution in [0.3, 0.4) is 0 Å². The van der Waals surface area contributed by atoms with E-state index in [1.807, 2.05) is 30.3 Å². The molecule has 1 atom stereocenters. The summed E-state index contributed by atoms with van der Waals surface area (Å²) in [7, 11) is 0. The smallest absolute Gasteiger partial charge is 0.238 e. The molecule has 0 bridgehead atoms. The molecule has 7 nitrogen and oxygen atoms in total. The molecule has 2 saturated heterocycles. The lowest BCUT2D eigenvalue weighted by molar-refractivity contribution is -0.129. The molecule has 1 N–H and O–H groups in total. The number of benzene rings is 2. The Hall–Kier alpha value is -2.75. The van der Waals surface area contributed by atoms with E-state index in [0.29, 0.717) is 30.6 Å². The van der Waals surface area contributed by atoms with Crippen molar-refractivity contribution in [2.75, 3.05) is 44.7 Å². The van der Waals surface area contributed by atoms with Crippen molar-refractivity contribution >= 4 is 40.1 Å². The summed E-state index contributed by atoms with van der Waals surface area (Å²) in [6.45, 7) is 4.28. The number of aliphatic imine (C=N–C) groups is 1. The van der Waals surface area contributed by atoms with Crippen molar-refractivity contribution in [3.8, 4) is 0 Å². The van der Waals surface area contributed by atoms with E-state index < -0.39 is 5.25 Å². The minimum Gasteiger partial charge on any atom is -0.379 e. The van der Waals surface area contributed by atoms with Gasteiger partial charge in [-0.25, -0.2) is 9.38 Å². The number of para-hydroxylation sites is 1. The first-order valence-electron chi connectivity index (χ1n) is 10.6. The van der Waals surface area contributed by atoms with Crippen LogP contribution in [0, 0.1) is 5.82 Å². The van der Waals surface area contributed by atoms with Crippen LogP contribution in [0.2, 0.25) is 0 Å². The second kappa shape index (κ2) is 10.7. The van der Waals surface area contributed by atoms with Gasteiger partial charge in [-0.2, -0.15) is 0 Å². The van der Waals surface area contributed by atoms with Gasteiger partial charge in [-0.1, -0.05) is 30.0 Å². The standard InChI is InChI=1S/C23H25FN4O3S/c24-17-6-8-19(9-7-17)25-22(30)20-16-21(29)28(11-10-27-12-14-31-15-13-27)23(32-20)26-18-4-2-1-3-5-18/h1-9,20H,10-16H2,(H,25,30)/t20-/m1/s1. The molecule has 2 fully saturated rings. The number of carbonyl (C=O) groups excluding carboxylic acids is 2. The summed E-state index contributed by atoms with van der Waals surface area (Å²) in [6, 6.07) is 14.9. The zero-order chi connectivity index (χ0) is 22.3. The largest absolute Gasteiger partial charge is 0.379 e. The minimum atomic E-state index is -0.616. The highest BCUT2D eigenvalue weighted by molar-refractivity contribution is 8.15. The number of anilines is 1. The van der Waals surface area contributed by atoms with Gasteiger partial charge in [0.2, 0.25) is 11.8 Å². The molecular formula is C23H25FN4O3S. The molecule has 2 aliphatic heterocycles. The Morgan fingerprint density at radius 1 is 1.09 bits per heavy atom. The average Bonchev–Trinajstić information content (AvgIpc) is 2.81. The molecule has 168 valence electrons. The molecule has 32 heavy (non-hydrogen) atoms. The van der Waals surface area contributed by atoms with Gasteiger partial charge in [0, 0.05) is 38.3 Å². The fourth-order valence-corrected chi connectivity index (χ4v) is 4.62. The van der Waals surface area contributed by atoms with Gasteiger partial charge in [0.05, 0.1) is 18.9 Å². The predicted octanol–water partition coefficient (Wildman–Crippen LogP) is 3.12. The number of hydrogen-bond donors (Lipinski definition) is 1. The van der Waals surface area contributed by atoms with Crippen molar-refractivity contribution in [1.82, 2.24) is 9.80 Å². The molecule has 2 heterocycles. The quantitative estimate of drug-likeness (QED) is 0.723. The molecule has 9 heteroatoms. The van der Waals surface area contributed by atoms with Crippen LogP contribution in [0.25, 0.3) is 0 Å². The second-order valence-electron chi connectivity index (χ2n) is 7.54. The zero-order valence-corrected chi connectivity index (χ0v) is 18.4. The summed E-state index contributed by atoms with van der Waals surface area (Å²) in [4.78, 5) is 34.5. The molecule has 2 aliphatic rings. The molecule has 2 amide bonds. The van der Waals surface area contributed by atoms with Crippen molar-refractivity contribution in [2.24, 2.45) is 4.99 Å². The highest BCUT2D eigenvalue weighted by Gasteiger charge is 2.36. The molecule has 0 unspecified atom stereocenters. The fourth-order valence-electron chi connectivity index (χ4n) is 3.50. The lowest BCUT2D eigenvalue weighted by Crippen LogP contribution is -2.49. The maximum Gasteiger partial charge on any atom is 0.238 e. The number of halogens is 1.